The smallest absolute Gasteiger partial charge is 0.871 e. The van der Waals surface area contributed by atoms with Gasteiger partial charge in [0, 0.05) is 16.9 Å². The predicted molar refractivity (Wildman–Crippen MR) is 171 cm³/mol. The molecule has 4 N–H and O–H groups in total. The summed E-state index contributed by atoms with van der Waals surface area (Å²) in [5.74, 6) is -1.32. The molecule has 0 aliphatic heterocycles. The van der Waals surface area contributed by atoms with Gasteiger partial charge in [0.25, 0.3) is 16.0 Å². The number of halogens is 1. The Hall–Kier alpha value is -3.26. The Balaban J connectivity index is 0.00000325. The third-order valence-electron chi connectivity index (χ3n) is 6.63. The number of nitrogens with zero attached hydrogens (tertiary/aromatic N) is 4. The number of rotatable bonds is 8. The Bertz CT molecular complexity index is 2380. The zero-order valence-corrected chi connectivity index (χ0v) is 32.3. The van der Waals surface area contributed by atoms with E-state index in [9.17, 15) is 35.8 Å². The van der Waals surface area contributed by atoms with E-state index in [-0.39, 0.29) is 97.5 Å². The van der Waals surface area contributed by atoms with Crippen molar-refractivity contribution in [3.63, 3.8) is 0 Å². The van der Waals surface area contributed by atoms with Crippen LogP contribution in [-0.2, 0) is 20.2 Å². The Kier molecular flexibility index (Phi) is 13.3. The van der Waals surface area contributed by atoms with Crippen LogP contribution in [0, 0.1) is 6.92 Å². The summed E-state index contributed by atoms with van der Waals surface area (Å²) in [7, 11) is -9.64. The molecule has 5 rings (SSSR count). The van der Waals surface area contributed by atoms with Gasteiger partial charge in [-0.3, -0.25) is 9.35 Å². The van der Waals surface area contributed by atoms with Crippen molar-refractivity contribution in [1.82, 2.24) is 0 Å². The molecule has 0 aliphatic rings. The number of azo groups is 2. The molecule has 49 heavy (non-hydrogen) atoms. The number of amides is 1. The first-order valence-corrected chi connectivity index (χ1v) is 16.4. The Labute approximate surface area is 329 Å². The summed E-state index contributed by atoms with van der Waals surface area (Å²) in [5.41, 5.74) is 7.22. The molecule has 0 aromatic heterocycles. The first-order chi connectivity index (χ1) is 22.1. The summed E-state index contributed by atoms with van der Waals surface area (Å²) >= 11 is 6.02. The van der Waals surface area contributed by atoms with Gasteiger partial charge in [0.05, 0.1) is 27.0 Å². The van der Waals surface area contributed by atoms with E-state index in [1.165, 1.54) is 48.5 Å². The van der Waals surface area contributed by atoms with Gasteiger partial charge in [-0.15, -0.1) is 10.2 Å². The van der Waals surface area contributed by atoms with E-state index >= 15 is 0 Å². The van der Waals surface area contributed by atoms with Crippen LogP contribution >= 0.6 is 11.6 Å². The molecular weight excluding hydrogens is 718 g/mol. The molecule has 19 heteroatoms. The molecule has 0 radical (unpaired) electrons. The summed E-state index contributed by atoms with van der Waals surface area (Å²) in [6, 6.07) is 19.2. The van der Waals surface area contributed by atoms with E-state index in [2.05, 4.69) is 25.8 Å². The largest absolute Gasteiger partial charge is 1.00 e. The van der Waals surface area contributed by atoms with Crippen LogP contribution in [0.25, 0.3) is 10.8 Å². The van der Waals surface area contributed by atoms with Crippen molar-refractivity contribution in [2.45, 2.75) is 16.7 Å². The molecular formula is C30H21ClN6Na2O8S2. The number of hydrogen-bond donors (Lipinski definition) is 3. The van der Waals surface area contributed by atoms with Crippen molar-refractivity contribution in [1.29, 1.82) is 0 Å². The number of fused-ring (bicyclic) bond motifs is 1. The number of aryl methyl sites for hydroxylation is 1. The van der Waals surface area contributed by atoms with Crippen molar-refractivity contribution in [2.24, 2.45) is 20.5 Å². The van der Waals surface area contributed by atoms with E-state index in [4.69, 9.17) is 17.3 Å². The number of carbonyl (C=O) groups is 1. The molecule has 5 aromatic rings. The van der Waals surface area contributed by atoms with Gasteiger partial charge >= 0.3 is 59.1 Å². The van der Waals surface area contributed by atoms with Crippen LogP contribution in [0.15, 0.2) is 115 Å². The molecule has 0 saturated heterocycles. The van der Waals surface area contributed by atoms with Crippen molar-refractivity contribution in [3.8, 4) is 5.75 Å². The maximum Gasteiger partial charge on any atom is 1.00 e. The van der Waals surface area contributed by atoms with E-state index in [1.54, 1.807) is 25.1 Å². The minimum atomic E-state index is -4.94. The standard InChI is InChI=1S/C30H23ClN6O8S2.2Na/c1-16-11-21(6-9-25(16)35-36-26-10-7-22(15-24(26)31)46(40,41)42)34-37-28-27(47(43,44)45)14-18-13-20(5-8-23(18)29(28)38)33-30(39)17-3-2-4-19(32)12-17;;/h2-15,38H,32H2,1H3,(H,33,39)(H,40,41,42)(H,43,44,45);;/q;2*+1/p-2. The maximum atomic E-state index is 13.3. The number of carbonyl (C=O) groups excluding carboxylic acids is 1. The molecule has 0 aliphatic carbocycles. The molecule has 14 nitrogen and oxygen atoms in total. The van der Waals surface area contributed by atoms with Gasteiger partial charge in [-0.05, 0) is 96.1 Å². The molecule has 0 unspecified atom stereocenters. The van der Waals surface area contributed by atoms with Gasteiger partial charge in [0.1, 0.15) is 20.7 Å². The van der Waals surface area contributed by atoms with Crippen LogP contribution in [0.3, 0.4) is 0 Å². The number of nitrogen functional groups attached to an aromatic ring is 1. The molecule has 0 fully saturated rings. The maximum absolute atomic E-state index is 13.3. The van der Waals surface area contributed by atoms with Crippen LogP contribution in [-0.4, -0.2) is 31.8 Å². The van der Waals surface area contributed by atoms with Gasteiger partial charge < -0.3 is 20.7 Å². The Morgan fingerprint density at radius 1 is 0.857 bits per heavy atom. The van der Waals surface area contributed by atoms with Gasteiger partial charge in [-0.25, -0.2) is 8.42 Å². The van der Waals surface area contributed by atoms with Crippen molar-refractivity contribution >= 4 is 82.6 Å². The van der Waals surface area contributed by atoms with Crippen molar-refractivity contribution in [2.75, 3.05) is 11.1 Å². The molecule has 0 bridgehead atoms. The second kappa shape index (κ2) is 16.2. The van der Waals surface area contributed by atoms with Gasteiger partial charge in [-0.1, -0.05) is 29.5 Å². The minimum Gasteiger partial charge on any atom is -0.871 e. The quantitative estimate of drug-likeness (QED) is 0.0878. The summed E-state index contributed by atoms with van der Waals surface area (Å²) in [6.07, 6.45) is 0. The third-order valence-corrected chi connectivity index (χ3v) is 8.64. The van der Waals surface area contributed by atoms with Gasteiger partial charge in [0.2, 0.25) is 0 Å². The second-order valence-electron chi connectivity index (χ2n) is 9.98. The van der Waals surface area contributed by atoms with E-state index in [0.29, 0.717) is 16.9 Å². The Morgan fingerprint density at radius 3 is 2.18 bits per heavy atom. The number of hydrogen-bond acceptors (Lipinski definition) is 12. The van der Waals surface area contributed by atoms with E-state index < -0.39 is 47.4 Å². The van der Waals surface area contributed by atoms with Crippen molar-refractivity contribution < 1.29 is 95.0 Å². The van der Waals surface area contributed by atoms with E-state index in [1.807, 2.05) is 0 Å². The number of nitrogens with one attached hydrogen (secondary N) is 1. The molecule has 1 amide bonds. The fourth-order valence-electron chi connectivity index (χ4n) is 4.34. The van der Waals surface area contributed by atoms with Gasteiger partial charge in [-0.2, -0.15) is 18.6 Å². The average Bonchev–Trinajstić information content (AvgIpc) is 2.99. The predicted octanol–water partition coefficient (Wildman–Crippen LogP) is 0.699. The fourth-order valence-corrected chi connectivity index (χ4v) is 5.78. The minimum absolute atomic E-state index is 0. The summed E-state index contributed by atoms with van der Waals surface area (Å²) in [5, 5.41) is 32.0. The summed E-state index contributed by atoms with van der Waals surface area (Å²) in [6.45, 7) is 1.66. The first kappa shape index (κ1) is 40.2. The first-order valence-electron chi connectivity index (χ1n) is 13.2. The molecule has 0 heterocycles. The zero-order chi connectivity index (χ0) is 34.1. The summed E-state index contributed by atoms with van der Waals surface area (Å²) < 4.78 is 68.0. The molecule has 0 saturated carbocycles. The number of anilines is 2. The monoisotopic (exact) mass is 738 g/mol. The van der Waals surface area contributed by atoms with Crippen LogP contribution in [0.2, 0.25) is 5.02 Å². The van der Waals surface area contributed by atoms with Crippen molar-refractivity contribution in [3.05, 3.63) is 101 Å². The third kappa shape index (κ3) is 9.71. The summed E-state index contributed by atoms with van der Waals surface area (Å²) in [4.78, 5) is 11.3. The zero-order valence-electron chi connectivity index (χ0n) is 25.9. The second-order valence-corrected chi connectivity index (χ2v) is 13.2. The molecule has 5 aromatic carbocycles. The fraction of sp³-hybridized carbons (Fsp3) is 0.0333. The number of benzene rings is 5. The average molecular weight is 739 g/mol. The topological polar surface area (TPSA) is 239 Å². The van der Waals surface area contributed by atoms with Crippen LogP contribution in [0.4, 0.5) is 34.1 Å². The van der Waals surface area contributed by atoms with Crippen LogP contribution < -0.4 is 75.3 Å². The van der Waals surface area contributed by atoms with Gasteiger partial charge in [0.15, 0.2) is 0 Å². The normalized spacial score (nSPS) is 11.8. The molecule has 0 atom stereocenters. The van der Waals surface area contributed by atoms with Crippen LogP contribution in [0.5, 0.6) is 5.75 Å². The molecule has 240 valence electrons. The van der Waals surface area contributed by atoms with Crippen LogP contribution in [0.1, 0.15) is 15.9 Å². The number of nitrogens with two attached hydrogens (primary N) is 1. The SMILES string of the molecule is Cc1cc(N=Nc2c(S(=O)(=O)O)cc3cc(NC(=O)c4cccc(N)c4)ccc3c2[O-])ccc1N=Nc1ccc(S(=O)(=O)[O-])cc1Cl.[Na+].[Na+]. The Morgan fingerprint density at radius 2 is 1.55 bits per heavy atom. The van der Waals surface area contributed by atoms with E-state index in [0.717, 1.165) is 18.2 Å². The molecule has 0 spiro atoms.